The van der Waals surface area contributed by atoms with Gasteiger partial charge in [0.05, 0.1) is 17.6 Å². The van der Waals surface area contributed by atoms with Gasteiger partial charge in [-0.3, -0.25) is 0 Å². The molecule has 0 aliphatic heterocycles. The van der Waals surface area contributed by atoms with Crippen LogP contribution in [-0.2, 0) is 6.54 Å². The van der Waals surface area contributed by atoms with E-state index in [1.54, 1.807) is 0 Å². The van der Waals surface area contributed by atoms with Gasteiger partial charge in [0.1, 0.15) is 0 Å². The zero-order valence-electron chi connectivity index (χ0n) is 10.4. The molecule has 0 radical (unpaired) electrons. The van der Waals surface area contributed by atoms with Crippen molar-refractivity contribution < 1.29 is 0 Å². The van der Waals surface area contributed by atoms with E-state index >= 15 is 0 Å². The van der Waals surface area contributed by atoms with E-state index in [2.05, 4.69) is 10.4 Å². The lowest BCUT2D eigenvalue weighted by atomic mass is 10.1. The first kappa shape index (κ1) is 11.8. The van der Waals surface area contributed by atoms with Gasteiger partial charge < -0.3 is 5.32 Å². The molecule has 0 spiro atoms. The van der Waals surface area contributed by atoms with E-state index in [-0.39, 0.29) is 0 Å². The fraction of sp³-hybridized carbons (Fsp3) is 0.357. The number of nitrogens with zero attached hydrogens (tertiary/aromatic N) is 2. The van der Waals surface area contributed by atoms with Crippen LogP contribution in [0, 0.1) is 0 Å². The van der Waals surface area contributed by atoms with Gasteiger partial charge in [0.25, 0.3) is 0 Å². The SMILES string of the molecule is CNCc1cnn(-c2cccc(Cl)c2)c1C1CC1. The second-order valence-electron chi connectivity index (χ2n) is 4.75. The summed E-state index contributed by atoms with van der Waals surface area (Å²) in [4.78, 5) is 0. The van der Waals surface area contributed by atoms with Gasteiger partial charge in [-0.2, -0.15) is 5.10 Å². The molecule has 1 aromatic heterocycles. The average molecular weight is 262 g/mol. The van der Waals surface area contributed by atoms with Crippen molar-refractivity contribution in [2.45, 2.75) is 25.3 Å². The zero-order valence-corrected chi connectivity index (χ0v) is 11.1. The first-order valence-corrected chi connectivity index (χ1v) is 6.64. The molecule has 1 N–H and O–H groups in total. The summed E-state index contributed by atoms with van der Waals surface area (Å²) in [5.74, 6) is 0.662. The van der Waals surface area contributed by atoms with E-state index in [1.807, 2.05) is 42.2 Å². The summed E-state index contributed by atoms with van der Waals surface area (Å²) < 4.78 is 2.04. The molecule has 0 atom stereocenters. The Labute approximate surface area is 112 Å². The van der Waals surface area contributed by atoms with Crippen LogP contribution in [0.5, 0.6) is 0 Å². The van der Waals surface area contributed by atoms with Crippen LogP contribution in [0.1, 0.15) is 30.0 Å². The van der Waals surface area contributed by atoms with Crippen LogP contribution < -0.4 is 5.32 Å². The average Bonchev–Trinajstić information content (AvgIpc) is 3.11. The van der Waals surface area contributed by atoms with Crippen molar-refractivity contribution in [3.63, 3.8) is 0 Å². The molecule has 1 aliphatic carbocycles. The predicted molar refractivity (Wildman–Crippen MR) is 73.3 cm³/mol. The number of benzene rings is 1. The maximum Gasteiger partial charge on any atom is 0.0663 e. The number of hydrogen-bond acceptors (Lipinski definition) is 2. The van der Waals surface area contributed by atoms with Crippen molar-refractivity contribution in [2.75, 3.05) is 7.05 Å². The maximum atomic E-state index is 6.06. The topological polar surface area (TPSA) is 29.9 Å². The molecule has 18 heavy (non-hydrogen) atoms. The second-order valence-corrected chi connectivity index (χ2v) is 5.19. The van der Waals surface area contributed by atoms with Gasteiger partial charge in [-0.05, 0) is 38.1 Å². The Bertz CT molecular complexity index is 558. The minimum absolute atomic E-state index is 0.662. The molecule has 1 fully saturated rings. The highest BCUT2D eigenvalue weighted by atomic mass is 35.5. The van der Waals surface area contributed by atoms with E-state index < -0.39 is 0 Å². The van der Waals surface area contributed by atoms with Crippen LogP contribution in [0.4, 0.5) is 0 Å². The number of aromatic nitrogens is 2. The molecule has 4 heteroatoms. The molecule has 1 aromatic carbocycles. The molecule has 0 bridgehead atoms. The third-order valence-electron chi connectivity index (χ3n) is 3.27. The molecule has 94 valence electrons. The van der Waals surface area contributed by atoms with Crippen molar-refractivity contribution >= 4 is 11.6 Å². The third kappa shape index (κ3) is 2.16. The minimum Gasteiger partial charge on any atom is -0.316 e. The van der Waals surface area contributed by atoms with E-state index in [0.29, 0.717) is 5.92 Å². The lowest BCUT2D eigenvalue weighted by molar-refractivity contribution is 0.775. The molecule has 1 aliphatic rings. The van der Waals surface area contributed by atoms with Crippen molar-refractivity contribution in [1.82, 2.24) is 15.1 Å². The molecule has 1 saturated carbocycles. The van der Waals surface area contributed by atoms with E-state index in [1.165, 1.54) is 24.1 Å². The summed E-state index contributed by atoms with van der Waals surface area (Å²) in [5.41, 5.74) is 3.68. The highest BCUT2D eigenvalue weighted by Gasteiger charge is 2.30. The second kappa shape index (κ2) is 4.75. The maximum absolute atomic E-state index is 6.06. The minimum atomic E-state index is 0.662. The fourth-order valence-electron chi connectivity index (χ4n) is 2.32. The first-order chi connectivity index (χ1) is 8.79. The number of rotatable bonds is 4. The summed E-state index contributed by atoms with van der Waals surface area (Å²) in [5, 5.41) is 8.48. The number of nitrogens with one attached hydrogen (secondary N) is 1. The van der Waals surface area contributed by atoms with Crippen molar-refractivity contribution in [3.05, 3.63) is 46.7 Å². The summed E-state index contributed by atoms with van der Waals surface area (Å²) in [6.45, 7) is 0.867. The Morgan fingerprint density at radius 1 is 1.44 bits per heavy atom. The van der Waals surface area contributed by atoms with Gasteiger partial charge in [-0.1, -0.05) is 17.7 Å². The molecule has 0 saturated heterocycles. The number of hydrogen-bond donors (Lipinski definition) is 1. The summed E-state index contributed by atoms with van der Waals surface area (Å²) in [7, 11) is 1.97. The largest absolute Gasteiger partial charge is 0.316 e. The van der Waals surface area contributed by atoms with Crippen LogP contribution >= 0.6 is 11.6 Å². The zero-order chi connectivity index (χ0) is 12.5. The lowest BCUT2D eigenvalue weighted by Gasteiger charge is -2.09. The van der Waals surface area contributed by atoms with Crippen LogP contribution in [-0.4, -0.2) is 16.8 Å². The predicted octanol–water partition coefficient (Wildman–Crippen LogP) is 3.12. The van der Waals surface area contributed by atoms with Gasteiger partial charge in [-0.25, -0.2) is 4.68 Å². The summed E-state index contributed by atoms with van der Waals surface area (Å²) in [6.07, 6.45) is 4.50. The van der Waals surface area contributed by atoms with Gasteiger partial charge in [0.15, 0.2) is 0 Å². The standard InChI is InChI=1S/C14H16ClN3/c1-16-8-11-9-17-18(14(11)10-5-6-10)13-4-2-3-12(15)7-13/h2-4,7,9-10,16H,5-6,8H2,1H3. The Kier molecular flexibility index (Phi) is 3.10. The molecular weight excluding hydrogens is 246 g/mol. The van der Waals surface area contributed by atoms with Gasteiger partial charge in [-0.15, -0.1) is 0 Å². The Balaban J connectivity index is 2.06. The summed E-state index contributed by atoms with van der Waals surface area (Å²) in [6, 6.07) is 7.87. The quantitative estimate of drug-likeness (QED) is 0.917. The molecule has 2 aromatic rings. The van der Waals surface area contributed by atoms with Crippen LogP contribution in [0.15, 0.2) is 30.5 Å². The normalized spacial score (nSPS) is 15.0. The highest BCUT2D eigenvalue weighted by molar-refractivity contribution is 6.30. The Hall–Kier alpha value is -1.32. The molecule has 1 heterocycles. The van der Waals surface area contributed by atoms with Gasteiger partial charge in [0.2, 0.25) is 0 Å². The van der Waals surface area contributed by atoms with Crippen LogP contribution in [0.25, 0.3) is 5.69 Å². The van der Waals surface area contributed by atoms with Crippen molar-refractivity contribution in [1.29, 1.82) is 0 Å². The summed E-state index contributed by atoms with van der Waals surface area (Å²) >= 11 is 6.06. The third-order valence-corrected chi connectivity index (χ3v) is 3.51. The Morgan fingerprint density at radius 2 is 2.28 bits per heavy atom. The Morgan fingerprint density at radius 3 is 2.94 bits per heavy atom. The molecule has 0 unspecified atom stereocenters. The van der Waals surface area contributed by atoms with Gasteiger partial charge >= 0.3 is 0 Å². The fourth-order valence-corrected chi connectivity index (χ4v) is 2.51. The highest BCUT2D eigenvalue weighted by Crippen LogP contribution is 2.42. The molecule has 3 nitrogen and oxygen atoms in total. The first-order valence-electron chi connectivity index (χ1n) is 6.27. The lowest BCUT2D eigenvalue weighted by Crippen LogP contribution is -2.08. The smallest absolute Gasteiger partial charge is 0.0663 e. The molecular formula is C14H16ClN3. The van der Waals surface area contributed by atoms with Crippen molar-refractivity contribution in [2.24, 2.45) is 0 Å². The van der Waals surface area contributed by atoms with Gasteiger partial charge in [0, 0.05) is 23.0 Å². The number of halogens is 1. The van der Waals surface area contributed by atoms with E-state index in [9.17, 15) is 0 Å². The molecule has 3 rings (SSSR count). The monoisotopic (exact) mass is 261 g/mol. The van der Waals surface area contributed by atoms with E-state index in [4.69, 9.17) is 11.6 Å². The molecule has 0 amide bonds. The van der Waals surface area contributed by atoms with Crippen LogP contribution in [0.3, 0.4) is 0 Å². The van der Waals surface area contributed by atoms with E-state index in [0.717, 1.165) is 17.3 Å². The van der Waals surface area contributed by atoms with Crippen molar-refractivity contribution in [3.8, 4) is 5.69 Å². The van der Waals surface area contributed by atoms with Crippen LogP contribution in [0.2, 0.25) is 5.02 Å².